The Labute approximate surface area is 357 Å². The highest BCUT2D eigenvalue weighted by Crippen LogP contribution is 2.32. The van der Waals surface area contributed by atoms with Gasteiger partial charge in [-0.2, -0.15) is 26.7 Å². The van der Waals surface area contributed by atoms with Crippen molar-refractivity contribution in [1.29, 1.82) is 0 Å². The normalized spacial score (nSPS) is 13.2. The summed E-state index contributed by atoms with van der Waals surface area (Å²) in [5.74, 6) is -0.458. The molecule has 0 saturated carbocycles. The van der Waals surface area contributed by atoms with E-state index in [1.54, 1.807) is 41.3 Å². The van der Waals surface area contributed by atoms with Crippen LogP contribution in [0.2, 0.25) is 0 Å². The van der Waals surface area contributed by atoms with Gasteiger partial charge >= 0.3 is 23.3 Å². The number of benzene rings is 4. The minimum Gasteiger partial charge on any atom is -0.537 e. The number of nitrogens with zero attached hydrogens (tertiary/aromatic N) is 4. The molecule has 4 aromatic carbocycles. The van der Waals surface area contributed by atoms with Crippen LogP contribution in [0.1, 0.15) is 22.5 Å². The van der Waals surface area contributed by atoms with Crippen molar-refractivity contribution in [2.24, 2.45) is 0 Å². The molecule has 0 bridgehead atoms. The van der Waals surface area contributed by atoms with Gasteiger partial charge in [-0.3, -0.25) is 19.8 Å². The zero-order chi connectivity index (χ0) is 45.0. The summed E-state index contributed by atoms with van der Waals surface area (Å²) >= 11 is 0. The molecule has 0 spiro atoms. The molecule has 0 unspecified atom stereocenters. The Bertz CT molecular complexity index is 2580. The molecule has 15 nitrogen and oxygen atoms in total. The second-order valence-electron chi connectivity index (χ2n) is 13.5. The smallest absolute Gasteiger partial charge is 0.537 e. The zero-order valence-corrected chi connectivity index (χ0v) is 33.7. The number of para-hydroxylation sites is 2. The number of hydrogen-bond acceptors (Lipinski definition) is 11. The summed E-state index contributed by atoms with van der Waals surface area (Å²) < 4.78 is 105. The Morgan fingerprint density at radius 1 is 0.698 bits per heavy atom. The first-order valence-corrected chi connectivity index (χ1v) is 20.3. The van der Waals surface area contributed by atoms with Crippen LogP contribution in [0, 0.1) is 11.6 Å². The molecule has 22 heteroatoms. The predicted octanol–water partition coefficient (Wildman–Crippen LogP) is 5.51. The third kappa shape index (κ3) is 12.3. The summed E-state index contributed by atoms with van der Waals surface area (Å²) in [6, 6.07) is 29.7. The molecule has 0 fully saturated rings. The van der Waals surface area contributed by atoms with Gasteiger partial charge in [0.25, 0.3) is 17.7 Å². The summed E-state index contributed by atoms with van der Waals surface area (Å²) in [4.78, 5) is 27.9. The molecule has 1 radical (unpaired) electrons. The highest BCUT2D eigenvalue weighted by Gasteiger charge is 2.49. The lowest BCUT2D eigenvalue weighted by Gasteiger charge is -2.27. The number of rotatable bonds is 11. The third-order valence-electron chi connectivity index (χ3n) is 9.30. The van der Waals surface area contributed by atoms with E-state index in [-0.39, 0.29) is 61.6 Å². The Kier molecular flexibility index (Phi) is 15.0. The molecule has 0 atom stereocenters. The fourth-order valence-electron chi connectivity index (χ4n) is 6.19. The maximum atomic E-state index is 13.5. The summed E-state index contributed by atoms with van der Waals surface area (Å²) in [6.07, 6.45) is 0.948. The fourth-order valence-corrected chi connectivity index (χ4v) is 6.63. The van der Waals surface area contributed by atoms with E-state index >= 15 is 0 Å². The van der Waals surface area contributed by atoms with Gasteiger partial charge in [-0.25, -0.2) is 8.78 Å². The van der Waals surface area contributed by atoms with Gasteiger partial charge in [0.05, 0.1) is 17.8 Å². The molecule has 329 valence electrons. The molecule has 2 aromatic heterocycles. The van der Waals surface area contributed by atoms with E-state index in [1.165, 1.54) is 41.3 Å². The molecule has 2 aliphatic rings. The molecule has 0 aliphatic carbocycles. The van der Waals surface area contributed by atoms with Crippen molar-refractivity contribution in [2.45, 2.75) is 31.4 Å². The minimum absolute atomic E-state index is 0.00744. The van der Waals surface area contributed by atoms with Crippen LogP contribution >= 0.6 is 0 Å². The quantitative estimate of drug-likeness (QED) is 0.0644. The Morgan fingerprint density at radius 3 is 1.75 bits per heavy atom. The van der Waals surface area contributed by atoms with Gasteiger partial charge in [0.2, 0.25) is 0 Å². The Balaban J connectivity index is 0.000000173. The van der Waals surface area contributed by atoms with E-state index in [4.69, 9.17) is 14.5 Å². The molecule has 63 heavy (non-hydrogen) atoms. The molecule has 2 aliphatic heterocycles. The fraction of sp³-hybridized carbons (Fsp3) is 0.220. The summed E-state index contributed by atoms with van der Waals surface area (Å²) in [7, 11) is -5.34. The van der Waals surface area contributed by atoms with Crippen LogP contribution in [0.3, 0.4) is 0 Å². The maximum absolute atomic E-state index is 13.5. The van der Waals surface area contributed by atoms with Gasteiger partial charge in [0, 0.05) is 61.1 Å². The van der Waals surface area contributed by atoms with Crippen LogP contribution in [0.5, 0.6) is 23.1 Å². The molecular formula is C41H37BF5N6O9S. The summed E-state index contributed by atoms with van der Waals surface area (Å²) in [5, 5.41) is 21.4. The lowest BCUT2D eigenvalue weighted by Crippen LogP contribution is -2.39. The predicted molar refractivity (Wildman–Crippen MR) is 215 cm³/mol. The molecule has 8 rings (SSSR count). The standard InChI is InChI=1S/C20H18FN3O2.C15H14F3N3O5S.C6H5BFO2/c21-15-6-4-5-14(11-15)20-17-12-24(10-9-18(17)22-23-20)19(25)13-26-16-7-2-1-3-8-16;16-15(17,18)27(23,24)26-14-11-8-21(7-6-12(11)19-20-14)13(22)9-25-10-4-2-1-3-5-10;8-5-2-1-3-6(4-5)10-7-9/h1-8,11H,9-10,12-13H2,(H,22,23);1-5H,6-9H2,(H,19,20);1-4,9H. The minimum atomic E-state index is -5.85. The van der Waals surface area contributed by atoms with Crippen LogP contribution in [-0.2, 0) is 45.6 Å². The van der Waals surface area contributed by atoms with Crippen LogP contribution in [0.4, 0.5) is 22.0 Å². The first-order valence-electron chi connectivity index (χ1n) is 18.9. The number of hydrogen-bond donors (Lipinski definition) is 3. The number of ether oxygens (including phenoxy) is 2. The van der Waals surface area contributed by atoms with E-state index in [9.17, 15) is 40.0 Å². The van der Waals surface area contributed by atoms with Crippen LogP contribution in [0.25, 0.3) is 11.3 Å². The van der Waals surface area contributed by atoms with Gasteiger partial charge in [-0.15, -0.1) is 5.10 Å². The second kappa shape index (κ2) is 20.8. The number of carbonyl (C=O) groups excluding carboxylic acids is 2. The van der Waals surface area contributed by atoms with Gasteiger partial charge in [-0.05, 0) is 48.5 Å². The van der Waals surface area contributed by atoms with Crippen molar-refractivity contribution in [1.82, 2.24) is 30.2 Å². The number of fused-ring (bicyclic) bond motifs is 2. The van der Waals surface area contributed by atoms with E-state index in [0.29, 0.717) is 55.6 Å². The van der Waals surface area contributed by atoms with Crippen molar-refractivity contribution >= 4 is 29.6 Å². The maximum Gasteiger partial charge on any atom is 0.569 e. The number of alkyl halides is 3. The average Bonchev–Trinajstić information content (AvgIpc) is 3.89. The number of amides is 2. The largest absolute Gasteiger partial charge is 0.569 e. The van der Waals surface area contributed by atoms with Gasteiger partial charge in [-0.1, -0.05) is 54.6 Å². The van der Waals surface area contributed by atoms with Crippen molar-refractivity contribution in [2.75, 3.05) is 26.3 Å². The molecule has 4 heterocycles. The summed E-state index contributed by atoms with van der Waals surface area (Å²) in [6.45, 7) is 0.896. The molecule has 0 saturated heterocycles. The van der Waals surface area contributed by atoms with Crippen molar-refractivity contribution in [3.05, 3.63) is 143 Å². The summed E-state index contributed by atoms with van der Waals surface area (Å²) in [5.41, 5.74) is -1.74. The van der Waals surface area contributed by atoms with E-state index < -0.39 is 27.4 Å². The Morgan fingerprint density at radius 2 is 1.21 bits per heavy atom. The van der Waals surface area contributed by atoms with Crippen molar-refractivity contribution in [3.8, 4) is 34.4 Å². The van der Waals surface area contributed by atoms with Gasteiger partial charge < -0.3 is 33.1 Å². The van der Waals surface area contributed by atoms with E-state index in [0.717, 1.165) is 11.3 Å². The number of aromatic amines is 2. The second-order valence-corrected chi connectivity index (χ2v) is 15.1. The number of halogens is 5. The molecule has 3 N–H and O–H groups in total. The first kappa shape index (κ1) is 45.6. The highest BCUT2D eigenvalue weighted by atomic mass is 32.2. The zero-order valence-electron chi connectivity index (χ0n) is 32.9. The number of aromatic nitrogens is 4. The SMILES string of the molecule is O=C(COc1ccccc1)N1CCc2[nH]nc(-c3cccc(F)c3)c2C1.O=C(COc1ccccc1)N1CCc2[nH]nc(OS(=O)(=O)C(F)(F)F)c2C1.O[B]Oc1cccc(F)c1. The molecule has 2 amide bonds. The Hall–Kier alpha value is -6.94. The van der Waals surface area contributed by atoms with Crippen molar-refractivity contribution in [3.63, 3.8) is 0 Å². The van der Waals surface area contributed by atoms with E-state index in [1.807, 2.05) is 36.4 Å². The van der Waals surface area contributed by atoms with Crippen LogP contribution in [-0.4, -0.2) is 94.9 Å². The lowest BCUT2D eigenvalue weighted by molar-refractivity contribution is -0.135. The lowest BCUT2D eigenvalue weighted by atomic mass is 10.0. The third-order valence-corrected chi connectivity index (χ3v) is 10.2. The first-order chi connectivity index (χ1) is 30.2. The highest BCUT2D eigenvalue weighted by molar-refractivity contribution is 7.88. The monoisotopic (exact) mass is 895 g/mol. The molecular weight excluding hydrogens is 858 g/mol. The van der Waals surface area contributed by atoms with Gasteiger partial charge in [0.1, 0.15) is 28.9 Å². The molecule has 6 aromatic rings. The number of nitrogens with one attached hydrogen (secondary N) is 2. The van der Waals surface area contributed by atoms with Crippen molar-refractivity contribution < 1.29 is 63.3 Å². The van der Waals surface area contributed by atoms with Crippen LogP contribution in [0.15, 0.2) is 109 Å². The van der Waals surface area contributed by atoms with Gasteiger partial charge in [0.15, 0.2) is 13.2 Å². The topological polar surface area (TPSA) is 189 Å². The number of carbonyl (C=O) groups is 2. The van der Waals surface area contributed by atoms with Crippen LogP contribution < -0.4 is 18.3 Å². The number of H-pyrrole nitrogens is 2. The van der Waals surface area contributed by atoms with E-state index in [2.05, 4.69) is 29.2 Å². The average molecular weight is 896 g/mol.